The summed E-state index contributed by atoms with van der Waals surface area (Å²) >= 11 is 0. The first-order chi connectivity index (χ1) is 33.6. The van der Waals surface area contributed by atoms with Gasteiger partial charge in [-0.15, -0.1) is 0 Å². The molecule has 4 unspecified atom stereocenters. The maximum absolute atomic E-state index is 2.94. The Balaban J connectivity index is 0.853. The molecule has 0 saturated heterocycles. The van der Waals surface area contributed by atoms with Gasteiger partial charge in [-0.25, -0.2) is 0 Å². The minimum atomic E-state index is -0.110. The number of nitrogens with zero attached hydrogens (tertiary/aromatic N) is 3. The van der Waals surface area contributed by atoms with Crippen LogP contribution >= 0.6 is 0 Å². The topological polar surface area (TPSA) is 11.4 Å². The van der Waals surface area contributed by atoms with Crippen LogP contribution in [0.2, 0.25) is 0 Å². The predicted octanol–water partition coefficient (Wildman–Crippen LogP) is 15.6. The van der Waals surface area contributed by atoms with Crippen molar-refractivity contribution in [3.05, 3.63) is 251 Å². The van der Waals surface area contributed by atoms with Crippen molar-refractivity contribution < 1.29 is 0 Å². The third-order valence-corrected chi connectivity index (χ3v) is 16.9. The Hall–Kier alpha value is -7.62. The second-order valence-electron chi connectivity index (χ2n) is 20.4. The first-order valence-electron chi connectivity index (χ1n) is 24.8. The Kier molecular flexibility index (Phi) is 7.90. The predicted molar refractivity (Wildman–Crippen MR) is 285 cm³/mol. The maximum Gasteiger partial charge on any atom is 0.0749 e. The smallest absolute Gasteiger partial charge is 0.0749 e. The van der Waals surface area contributed by atoms with Crippen molar-refractivity contribution in [1.82, 2.24) is 9.47 Å². The van der Waals surface area contributed by atoms with Crippen LogP contribution in [-0.2, 0) is 11.8 Å². The minimum absolute atomic E-state index is 0.0317. The van der Waals surface area contributed by atoms with Gasteiger partial charge in [0, 0.05) is 57.7 Å². The maximum atomic E-state index is 2.94. The summed E-state index contributed by atoms with van der Waals surface area (Å²) in [6.45, 7) is 2.21. The number of benzene rings is 6. The summed E-state index contributed by atoms with van der Waals surface area (Å²) in [6.07, 6.45) is 46.5. The van der Waals surface area contributed by atoms with Crippen molar-refractivity contribution in [2.45, 2.75) is 61.9 Å². The van der Waals surface area contributed by atoms with Crippen molar-refractivity contribution in [2.24, 2.45) is 5.92 Å². The molecule has 6 aromatic carbocycles. The molecule has 7 aliphatic carbocycles. The lowest BCUT2D eigenvalue weighted by molar-refractivity contribution is 0.513. The average molecular weight is 874 g/mol. The highest BCUT2D eigenvalue weighted by Crippen LogP contribution is 2.79. The van der Waals surface area contributed by atoms with E-state index in [4.69, 9.17) is 0 Å². The summed E-state index contributed by atoms with van der Waals surface area (Å²) in [5.74, 6) is 0.371. The molecule has 1 aliphatic heterocycles. The normalized spacial score (nSPS) is 25.8. The summed E-state index contributed by atoms with van der Waals surface area (Å²) in [5, 5.41) is 7.93. The third-order valence-electron chi connectivity index (χ3n) is 16.9. The van der Waals surface area contributed by atoms with E-state index < -0.39 is 0 Å². The van der Waals surface area contributed by atoms with Gasteiger partial charge < -0.3 is 14.4 Å². The Morgan fingerprint density at radius 3 is 2.40 bits per heavy atom. The van der Waals surface area contributed by atoms with Crippen molar-refractivity contribution in [1.29, 1.82) is 0 Å². The molecule has 0 amide bonds. The van der Waals surface area contributed by atoms with Gasteiger partial charge in [0.25, 0.3) is 0 Å². The second-order valence-corrected chi connectivity index (χ2v) is 20.4. The van der Waals surface area contributed by atoms with E-state index >= 15 is 0 Å². The lowest BCUT2D eigenvalue weighted by Gasteiger charge is -2.39. The van der Waals surface area contributed by atoms with Gasteiger partial charge in [0.2, 0.25) is 0 Å². The average Bonchev–Trinajstić information content (AvgIpc) is 4.27. The molecule has 0 N–H and O–H groups in total. The molecule has 0 radical (unpaired) electrons. The lowest BCUT2D eigenvalue weighted by Crippen LogP contribution is -2.47. The Morgan fingerprint density at radius 1 is 0.618 bits per heavy atom. The van der Waals surface area contributed by atoms with Crippen LogP contribution in [0.25, 0.3) is 61.2 Å². The number of rotatable bonds is 5. The van der Waals surface area contributed by atoms with E-state index in [0.29, 0.717) is 5.92 Å². The van der Waals surface area contributed by atoms with Crippen LogP contribution in [0.3, 0.4) is 0 Å². The summed E-state index contributed by atoms with van der Waals surface area (Å²) in [4.78, 5) is 5.56. The SMILES string of the molecule is CC1=CC=C(N(C2=CCC=C(n3c4ccc5ccccc5c4c4ccc5c(c43)CC=CC=C5)C=C2)C2=CC3CC3(N3c4c(ccc5ccccc45)C45CC34C=Cc3ccccc35)C=CC2)CC=C1. The largest absolute Gasteiger partial charge is 0.351 e. The third kappa shape index (κ3) is 5.14. The van der Waals surface area contributed by atoms with Gasteiger partial charge in [0.1, 0.15) is 0 Å². The number of hydrogen-bond donors (Lipinski definition) is 0. The van der Waals surface area contributed by atoms with E-state index in [1.54, 1.807) is 0 Å². The van der Waals surface area contributed by atoms with Crippen molar-refractivity contribution in [3.63, 3.8) is 0 Å². The van der Waals surface area contributed by atoms with Gasteiger partial charge >= 0.3 is 0 Å². The van der Waals surface area contributed by atoms with E-state index in [1.807, 2.05) is 0 Å². The molecule has 0 bridgehead atoms. The van der Waals surface area contributed by atoms with Crippen molar-refractivity contribution in [2.75, 3.05) is 4.90 Å². The Labute approximate surface area is 398 Å². The first-order valence-corrected chi connectivity index (χ1v) is 24.8. The molecule has 4 atom stereocenters. The van der Waals surface area contributed by atoms with Gasteiger partial charge in [-0.05, 0) is 101 Å². The van der Waals surface area contributed by atoms with Crippen LogP contribution < -0.4 is 4.90 Å². The molecule has 2 saturated carbocycles. The fourth-order valence-electron chi connectivity index (χ4n) is 13.8. The van der Waals surface area contributed by atoms with E-state index in [0.717, 1.165) is 38.5 Å². The number of aromatic nitrogens is 1. The molecule has 3 nitrogen and oxygen atoms in total. The highest BCUT2D eigenvalue weighted by atomic mass is 15.4. The van der Waals surface area contributed by atoms with Crippen molar-refractivity contribution in [3.8, 4) is 0 Å². The minimum Gasteiger partial charge on any atom is -0.351 e. The summed E-state index contributed by atoms with van der Waals surface area (Å²) in [7, 11) is 0. The van der Waals surface area contributed by atoms with Crippen LogP contribution in [-0.4, -0.2) is 20.5 Å². The number of allylic oxidation sites excluding steroid dienone is 14. The van der Waals surface area contributed by atoms with Gasteiger partial charge in [-0.1, -0.05) is 194 Å². The molecule has 15 rings (SSSR count). The number of anilines is 1. The molecule has 7 aromatic rings. The highest BCUT2D eigenvalue weighted by molar-refractivity contribution is 6.22. The van der Waals surface area contributed by atoms with Gasteiger partial charge in [-0.2, -0.15) is 0 Å². The molecule has 1 aromatic heterocycles. The standard InChI is InChI=1S/C65H51N3/c1-43-14-11-19-49(31-27-43)66(50-20-12-21-51(33-32-50)67-59-36-30-44-16-5-8-23-53(44)60(59)56-34-28-45-15-3-2-4-24-54(45)61(56)67)52-22-13-38-63(41-48(63)40-52)68-62-55-25-9-6-17-46(55)29-35-58(62)65-42-64(65,68)39-37-47-18-7-10-26-57(47)65/h2-11,13-18,20-21,23,25-40,48H,12,19,22,24,41-42H2,1H3. The first kappa shape index (κ1) is 38.5. The van der Waals surface area contributed by atoms with Gasteiger partial charge in [0.15, 0.2) is 0 Å². The van der Waals surface area contributed by atoms with Crippen molar-refractivity contribution >= 4 is 66.9 Å². The fraction of sp³-hybridized carbons (Fsp3) is 0.169. The summed E-state index contributed by atoms with van der Waals surface area (Å²) < 4.78 is 2.57. The molecule has 0 spiro atoms. The molecule has 2 fully saturated rings. The van der Waals surface area contributed by atoms with Crippen LogP contribution in [0, 0.1) is 5.92 Å². The van der Waals surface area contributed by atoms with Gasteiger partial charge in [0.05, 0.1) is 33.2 Å². The van der Waals surface area contributed by atoms with E-state index in [9.17, 15) is 0 Å². The molecule has 3 heteroatoms. The van der Waals surface area contributed by atoms with E-state index in [1.165, 1.54) is 105 Å². The molecule has 326 valence electrons. The molecule has 68 heavy (non-hydrogen) atoms. The monoisotopic (exact) mass is 873 g/mol. The Bertz CT molecular complexity index is 3790. The lowest BCUT2D eigenvalue weighted by atomic mass is 9.79. The quantitative estimate of drug-likeness (QED) is 0.160. The van der Waals surface area contributed by atoms with Gasteiger partial charge in [-0.3, -0.25) is 0 Å². The Morgan fingerprint density at radius 2 is 1.46 bits per heavy atom. The molecule has 2 heterocycles. The molecular weight excluding hydrogens is 823 g/mol. The van der Waals surface area contributed by atoms with E-state index in [-0.39, 0.29) is 16.5 Å². The van der Waals surface area contributed by atoms with Crippen LogP contribution in [0.1, 0.15) is 66.8 Å². The zero-order chi connectivity index (χ0) is 44.8. The van der Waals surface area contributed by atoms with E-state index in [2.05, 4.69) is 234 Å². The van der Waals surface area contributed by atoms with Crippen LogP contribution in [0.4, 0.5) is 5.69 Å². The number of fused-ring (bicyclic) bond motifs is 12. The highest BCUT2D eigenvalue weighted by Gasteiger charge is 2.81. The van der Waals surface area contributed by atoms with Crippen LogP contribution in [0.15, 0.2) is 223 Å². The molecule has 8 aliphatic rings. The zero-order valence-corrected chi connectivity index (χ0v) is 38.4. The van der Waals surface area contributed by atoms with Crippen LogP contribution in [0.5, 0.6) is 0 Å². The summed E-state index contributed by atoms with van der Waals surface area (Å²) in [5.41, 5.74) is 17.2. The molecular formula is C65H51N3. The fourth-order valence-corrected chi connectivity index (χ4v) is 13.8. The second kappa shape index (κ2) is 14.0. The summed E-state index contributed by atoms with van der Waals surface area (Å²) in [6, 6.07) is 41.4. The zero-order valence-electron chi connectivity index (χ0n) is 38.4. The number of hydrogen-bond acceptors (Lipinski definition) is 2.